The summed E-state index contributed by atoms with van der Waals surface area (Å²) < 4.78 is 0. The molecule has 4 rings (SSSR count). The van der Waals surface area contributed by atoms with Gasteiger partial charge in [0.05, 0.1) is 0 Å². The van der Waals surface area contributed by atoms with E-state index in [4.69, 9.17) is 0 Å². The summed E-state index contributed by atoms with van der Waals surface area (Å²) in [7, 11) is 0. The summed E-state index contributed by atoms with van der Waals surface area (Å²) in [6.45, 7) is 4.19. The third-order valence-corrected chi connectivity index (χ3v) is 5.36. The van der Waals surface area contributed by atoms with Crippen molar-refractivity contribution in [1.29, 1.82) is 0 Å². The number of phenols is 3. The average molecular weight is 382 g/mol. The van der Waals surface area contributed by atoms with Gasteiger partial charge in [0, 0.05) is 0 Å². The molecule has 3 nitrogen and oxygen atoms in total. The van der Waals surface area contributed by atoms with E-state index >= 15 is 0 Å². The lowest BCUT2D eigenvalue weighted by Gasteiger charge is -2.20. The van der Waals surface area contributed by atoms with Crippen LogP contribution >= 0.6 is 0 Å². The topological polar surface area (TPSA) is 60.7 Å². The highest BCUT2D eigenvalue weighted by atomic mass is 16.3. The van der Waals surface area contributed by atoms with Crippen LogP contribution in [0.15, 0.2) is 78.9 Å². The molecule has 0 radical (unpaired) electrons. The van der Waals surface area contributed by atoms with Crippen molar-refractivity contribution in [3.8, 4) is 50.6 Å². The zero-order valence-electron chi connectivity index (χ0n) is 16.3. The third-order valence-electron chi connectivity index (χ3n) is 5.36. The van der Waals surface area contributed by atoms with E-state index in [1.807, 2.05) is 36.4 Å². The lowest BCUT2D eigenvalue weighted by Crippen LogP contribution is -1.96. The average Bonchev–Trinajstić information content (AvgIpc) is 2.71. The maximum atomic E-state index is 9.71. The summed E-state index contributed by atoms with van der Waals surface area (Å²) in [5.41, 5.74) is 8.56. The number of hydrogen-bond acceptors (Lipinski definition) is 3. The van der Waals surface area contributed by atoms with Crippen LogP contribution in [0.3, 0.4) is 0 Å². The molecule has 0 spiro atoms. The Balaban J connectivity index is 2.02. The number of phenolic OH excluding ortho intramolecular Hbond substituents is 3. The highest BCUT2D eigenvalue weighted by molar-refractivity contribution is 5.88. The maximum absolute atomic E-state index is 9.71. The van der Waals surface area contributed by atoms with Gasteiger partial charge in [0.1, 0.15) is 17.2 Å². The Bertz CT molecular complexity index is 1090. The van der Waals surface area contributed by atoms with E-state index in [1.165, 1.54) is 0 Å². The highest BCUT2D eigenvalue weighted by Crippen LogP contribution is 2.41. The van der Waals surface area contributed by atoms with Gasteiger partial charge in [-0.1, -0.05) is 36.4 Å². The molecule has 29 heavy (non-hydrogen) atoms. The number of rotatable bonds is 3. The lowest BCUT2D eigenvalue weighted by atomic mass is 9.84. The highest BCUT2D eigenvalue weighted by Gasteiger charge is 2.16. The second-order valence-corrected chi connectivity index (χ2v) is 7.24. The van der Waals surface area contributed by atoms with Crippen LogP contribution in [-0.2, 0) is 0 Å². The SMILES string of the molecule is Cc1c(-c2ccc(O)cc2)cc(-c2ccc(O)cc2)c(C)c1-c1ccc(O)cc1. The smallest absolute Gasteiger partial charge is 0.115 e. The van der Waals surface area contributed by atoms with Crippen molar-refractivity contribution in [2.24, 2.45) is 0 Å². The molecule has 0 bridgehead atoms. The van der Waals surface area contributed by atoms with E-state index in [0.29, 0.717) is 0 Å². The Morgan fingerprint density at radius 1 is 0.448 bits per heavy atom. The van der Waals surface area contributed by atoms with Crippen LogP contribution in [0.1, 0.15) is 11.1 Å². The Labute approximate surface area is 170 Å². The first-order chi connectivity index (χ1) is 13.9. The minimum atomic E-state index is 0.232. The third kappa shape index (κ3) is 3.55. The summed E-state index contributed by atoms with van der Waals surface area (Å²) in [5.74, 6) is 0.699. The molecule has 0 saturated carbocycles. The van der Waals surface area contributed by atoms with Crippen molar-refractivity contribution in [2.45, 2.75) is 13.8 Å². The molecule has 0 aromatic heterocycles. The molecule has 0 saturated heterocycles. The van der Waals surface area contributed by atoms with Gasteiger partial charge >= 0.3 is 0 Å². The lowest BCUT2D eigenvalue weighted by molar-refractivity contribution is 0.475. The van der Waals surface area contributed by atoms with Crippen LogP contribution in [-0.4, -0.2) is 15.3 Å². The summed E-state index contributed by atoms with van der Waals surface area (Å²) in [6, 6.07) is 23.8. The molecule has 0 unspecified atom stereocenters. The van der Waals surface area contributed by atoms with E-state index in [-0.39, 0.29) is 17.2 Å². The molecule has 4 aromatic rings. The van der Waals surface area contributed by atoms with E-state index in [1.54, 1.807) is 36.4 Å². The van der Waals surface area contributed by atoms with Crippen LogP contribution in [0, 0.1) is 13.8 Å². The minimum Gasteiger partial charge on any atom is -0.508 e. The largest absolute Gasteiger partial charge is 0.508 e. The zero-order chi connectivity index (χ0) is 20.5. The molecule has 0 aliphatic carbocycles. The predicted octanol–water partition coefficient (Wildman–Crippen LogP) is 6.42. The molecular weight excluding hydrogens is 360 g/mol. The van der Waals surface area contributed by atoms with Gasteiger partial charge < -0.3 is 15.3 Å². The predicted molar refractivity (Wildman–Crippen MR) is 117 cm³/mol. The van der Waals surface area contributed by atoms with Crippen LogP contribution in [0.4, 0.5) is 0 Å². The second kappa shape index (κ2) is 7.36. The van der Waals surface area contributed by atoms with Gasteiger partial charge in [-0.25, -0.2) is 0 Å². The van der Waals surface area contributed by atoms with Gasteiger partial charge in [-0.05, 0) is 101 Å². The molecule has 0 atom stereocenters. The van der Waals surface area contributed by atoms with Gasteiger partial charge in [0.15, 0.2) is 0 Å². The second-order valence-electron chi connectivity index (χ2n) is 7.24. The van der Waals surface area contributed by atoms with Gasteiger partial charge in [-0.3, -0.25) is 0 Å². The molecule has 3 heteroatoms. The van der Waals surface area contributed by atoms with Gasteiger partial charge in [-0.15, -0.1) is 0 Å². The zero-order valence-corrected chi connectivity index (χ0v) is 16.3. The van der Waals surface area contributed by atoms with Gasteiger partial charge in [0.25, 0.3) is 0 Å². The number of benzene rings is 4. The van der Waals surface area contributed by atoms with Crippen LogP contribution < -0.4 is 0 Å². The number of hydrogen-bond donors (Lipinski definition) is 3. The summed E-state index contributed by atoms with van der Waals surface area (Å²) in [5, 5.41) is 29.1. The fourth-order valence-corrected chi connectivity index (χ4v) is 3.85. The van der Waals surface area contributed by atoms with Crippen molar-refractivity contribution in [3.05, 3.63) is 90.0 Å². The first-order valence-electron chi connectivity index (χ1n) is 9.46. The van der Waals surface area contributed by atoms with Crippen molar-refractivity contribution in [2.75, 3.05) is 0 Å². The van der Waals surface area contributed by atoms with Crippen LogP contribution in [0.2, 0.25) is 0 Å². The monoisotopic (exact) mass is 382 g/mol. The van der Waals surface area contributed by atoms with Crippen LogP contribution in [0.25, 0.3) is 33.4 Å². The Kier molecular flexibility index (Phi) is 4.73. The molecule has 144 valence electrons. The minimum absolute atomic E-state index is 0.232. The molecule has 0 aliphatic rings. The summed E-state index contributed by atoms with van der Waals surface area (Å²) in [4.78, 5) is 0. The standard InChI is InChI=1S/C26H22O3/c1-16-24(18-3-9-21(27)10-4-18)15-25(19-5-11-22(28)12-6-19)17(2)26(16)20-7-13-23(29)14-8-20/h3-15,27-29H,1-2H3. The molecule has 0 aliphatic heterocycles. The van der Waals surface area contributed by atoms with Crippen molar-refractivity contribution < 1.29 is 15.3 Å². The Morgan fingerprint density at radius 2 is 0.759 bits per heavy atom. The molecule has 3 N–H and O–H groups in total. The quantitative estimate of drug-likeness (QED) is 0.383. The summed E-state index contributed by atoms with van der Waals surface area (Å²) in [6.07, 6.45) is 0. The molecular formula is C26H22O3. The van der Waals surface area contributed by atoms with Crippen LogP contribution in [0.5, 0.6) is 17.2 Å². The molecule has 0 heterocycles. The first-order valence-corrected chi connectivity index (χ1v) is 9.46. The van der Waals surface area contributed by atoms with E-state index in [9.17, 15) is 15.3 Å². The fourth-order valence-electron chi connectivity index (χ4n) is 3.85. The maximum Gasteiger partial charge on any atom is 0.115 e. The molecule has 0 amide bonds. The van der Waals surface area contributed by atoms with E-state index in [0.717, 1.165) is 44.5 Å². The van der Waals surface area contributed by atoms with Crippen molar-refractivity contribution in [3.63, 3.8) is 0 Å². The normalized spacial score (nSPS) is 10.8. The van der Waals surface area contributed by atoms with Gasteiger partial charge in [0.2, 0.25) is 0 Å². The first kappa shape index (κ1) is 18.6. The summed E-state index contributed by atoms with van der Waals surface area (Å²) >= 11 is 0. The molecule has 0 fully saturated rings. The van der Waals surface area contributed by atoms with Crippen molar-refractivity contribution >= 4 is 0 Å². The number of aromatic hydroxyl groups is 3. The van der Waals surface area contributed by atoms with Gasteiger partial charge in [-0.2, -0.15) is 0 Å². The van der Waals surface area contributed by atoms with E-state index < -0.39 is 0 Å². The fraction of sp³-hybridized carbons (Fsp3) is 0.0769. The van der Waals surface area contributed by atoms with Crippen molar-refractivity contribution in [1.82, 2.24) is 0 Å². The Morgan fingerprint density at radius 3 is 1.10 bits per heavy atom. The Hall–Kier alpha value is -3.72. The van der Waals surface area contributed by atoms with E-state index in [2.05, 4.69) is 19.9 Å². The molecule has 4 aromatic carbocycles.